The maximum absolute atomic E-state index is 12.5. The summed E-state index contributed by atoms with van der Waals surface area (Å²) < 4.78 is 0. The van der Waals surface area contributed by atoms with Crippen molar-refractivity contribution in [2.75, 3.05) is 5.32 Å². The summed E-state index contributed by atoms with van der Waals surface area (Å²) in [5, 5.41) is 3.35. The molecule has 0 aliphatic carbocycles. The normalized spacial score (nSPS) is 12.5. The van der Waals surface area contributed by atoms with Crippen molar-refractivity contribution in [1.29, 1.82) is 0 Å². The first kappa shape index (κ1) is 20.6. The van der Waals surface area contributed by atoms with Gasteiger partial charge < -0.3 is 10.3 Å². The SMILES string of the molecule is Cc1sc2nc(CS[C@@H](C)C(=O)Nc3ccc(C(C)C)cc3)[nH]c(=O)c2c1C. The number of carbonyl (C=O) groups excluding carboxylic acids is 1. The van der Waals surface area contributed by atoms with E-state index in [0.717, 1.165) is 21.0 Å². The Balaban J connectivity index is 1.63. The van der Waals surface area contributed by atoms with Crippen molar-refractivity contribution in [3.63, 3.8) is 0 Å². The van der Waals surface area contributed by atoms with Crippen LogP contribution in [0.25, 0.3) is 10.2 Å². The molecule has 5 nitrogen and oxygen atoms in total. The molecule has 7 heteroatoms. The third-order valence-corrected chi connectivity index (χ3v) is 7.03. The molecular weight excluding hydrogens is 390 g/mol. The summed E-state index contributed by atoms with van der Waals surface area (Å²) in [6, 6.07) is 7.93. The Morgan fingerprint density at radius 2 is 1.89 bits per heavy atom. The molecule has 1 aromatic carbocycles. The number of H-pyrrole nitrogens is 1. The standard InChI is InChI=1S/C21H25N3O2S2/c1-11(2)15-6-8-16(9-7-15)22-19(25)14(5)27-10-17-23-20(26)18-12(3)13(4)28-21(18)24-17/h6-9,11,14H,10H2,1-5H3,(H,22,25)(H,23,24,26)/t14-/m0/s1. The van der Waals surface area contributed by atoms with Gasteiger partial charge in [0.1, 0.15) is 10.7 Å². The van der Waals surface area contributed by atoms with Crippen LogP contribution in [-0.4, -0.2) is 21.1 Å². The van der Waals surface area contributed by atoms with Crippen LogP contribution >= 0.6 is 23.1 Å². The van der Waals surface area contributed by atoms with Gasteiger partial charge in [-0.2, -0.15) is 0 Å². The molecule has 1 amide bonds. The molecule has 0 unspecified atom stereocenters. The van der Waals surface area contributed by atoms with Gasteiger partial charge in [-0.3, -0.25) is 9.59 Å². The second-order valence-corrected chi connectivity index (χ2v) is 9.73. The van der Waals surface area contributed by atoms with E-state index in [-0.39, 0.29) is 16.7 Å². The Morgan fingerprint density at radius 3 is 2.54 bits per heavy atom. The van der Waals surface area contributed by atoms with Crippen LogP contribution in [0.3, 0.4) is 0 Å². The molecule has 3 aromatic rings. The van der Waals surface area contributed by atoms with Gasteiger partial charge in [0.25, 0.3) is 5.56 Å². The van der Waals surface area contributed by atoms with E-state index < -0.39 is 0 Å². The Morgan fingerprint density at radius 1 is 1.21 bits per heavy atom. The zero-order valence-corrected chi connectivity index (χ0v) is 18.4. The lowest BCUT2D eigenvalue weighted by Gasteiger charge is -2.13. The lowest BCUT2D eigenvalue weighted by atomic mass is 10.0. The molecule has 28 heavy (non-hydrogen) atoms. The quantitative estimate of drug-likeness (QED) is 0.595. The molecule has 0 spiro atoms. The number of thiophene rings is 1. The number of thioether (sulfide) groups is 1. The second-order valence-electron chi connectivity index (χ2n) is 7.20. The molecule has 1 atom stereocenters. The third kappa shape index (κ3) is 4.47. The highest BCUT2D eigenvalue weighted by Crippen LogP contribution is 2.26. The number of aryl methyl sites for hydroxylation is 2. The number of amides is 1. The van der Waals surface area contributed by atoms with E-state index in [1.54, 1.807) is 0 Å². The van der Waals surface area contributed by atoms with Gasteiger partial charge in [0.05, 0.1) is 16.4 Å². The number of hydrogen-bond acceptors (Lipinski definition) is 5. The smallest absolute Gasteiger partial charge is 0.259 e. The van der Waals surface area contributed by atoms with Crippen LogP contribution in [0.5, 0.6) is 0 Å². The molecule has 148 valence electrons. The number of rotatable bonds is 6. The van der Waals surface area contributed by atoms with Gasteiger partial charge in [0.15, 0.2) is 0 Å². The van der Waals surface area contributed by atoms with Crippen LogP contribution in [0, 0.1) is 13.8 Å². The molecule has 2 heterocycles. The zero-order valence-electron chi connectivity index (χ0n) is 16.8. The highest BCUT2D eigenvalue weighted by molar-refractivity contribution is 7.99. The lowest BCUT2D eigenvalue weighted by molar-refractivity contribution is -0.115. The number of hydrogen-bond donors (Lipinski definition) is 2. The van der Waals surface area contributed by atoms with E-state index in [1.165, 1.54) is 28.7 Å². The molecule has 0 radical (unpaired) electrons. The largest absolute Gasteiger partial charge is 0.325 e. The minimum Gasteiger partial charge on any atom is -0.325 e. The van der Waals surface area contributed by atoms with Gasteiger partial charge in [0.2, 0.25) is 5.91 Å². The first-order valence-electron chi connectivity index (χ1n) is 9.27. The van der Waals surface area contributed by atoms with Crippen LogP contribution in [0.15, 0.2) is 29.1 Å². The monoisotopic (exact) mass is 415 g/mol. The van der Waals surface area contributed by atoms with Gasteiger partial charge in [-0.15, -0.1) is 23.1 Å². The summed E-state index contributed by atoms with van der Waals surface area (Å²) in [6.45, 7) is 10.1. The average Bonchev–Trinajstić information content (AvgIpc) is 2.94. The zero-order chi connectivity index (χ0) is 20.4. The molecule has 3 rings (SSSR count). The summed E-state index contributed by atoms with van der Waals surface area (Å²) in [6.07, 6.45) is 0. The van der Waals surface area contributed by atoms with E-state index >= 15 is 0 Å². The average molecular weight is 416 g/mol. The number of aromatic amines is 1. The van der Waals surface area contributed by atoms with Crippen molar-refractivity contribution < 1.29 is 4.79 Å². The molecule has 0 saturated heterocycles. The summed E-state index contributed by atoms with van der Waals surface area (Å²) >= 11 is 2.99. The van der Waals surface area contributed by atoms with Crippen LogP contribution < -0.4 is 10.9 Å². The van der Waals surface area contributed by atoms with Crippen molar-refractivity contribution in [1.82, 2.24) is 9.97 Å². The van der Waals surface area contributed by atoms with E-state index in [1.807, 2.05) is 45.0 Å². The Kier molecular flexibility index (Phi) is 6.25. The molecule has 0 saturated carbocycles. The first-order valence-corrected chi connectivity index (χ1v) is 11.1. The summed E-state index contributed by atoms with van der Waals surface area (Å²) in [5.74, 6) is 1.47. The van der Waals surface area contributed by atoms with Crippen molar-refractivity contribution >= 4 is 44.9 Å². The Bertz CT molecular complexity index is 1050. The van der Waals surface area contributed by atoms with Gasteiger partial charge in [-0.1, -0.05) is 26.0 Å². The van der Waals surface area contributed by atoms with E-state index in [4.69, 9.17) is 0 Å². The van der Waals surface area contributed by atoms with Crippen LogP contribution in [0.2, 0.25) is 0 Å². The van der Waals surface area contributed by atoms with Crippen LogP contribution in [-0.2, 0) is 10.5 Å². The van der Waals surface area contributed by atoms with Gasteiger partial charge in [-0.05, 0) is 49.9 Å². The minimum atomic E-state index is -0.266. The maximum Gasteiger partial charge on any atom is 0.259 e. The molecule has 0 fully saturated rings. The number of carbonyl (C=O) groups is 1. The van der Waals surface area contributed by atoms with Crippen molar-refractivity contribution in [3.05, 3.63) is 56.4 Å². The fourth-order valence-corrected chi connectivity index (χ4v) is 4.65. The Labute approximate surface area is 173 Å². The van der Waals surface area contributed by atoms with Crippen LogP contribution in [0.4, 0.5) is 5.69 Å². The van der Waals surface area contributed by atoms with Crippen molar-refractivity contribution in [2.24, 2.45) is 0 Å². The topological polar surface area (TPSA) is 74.8 Å². The Hall–Kier alpha value is -2.12. The van der Waals surface area contributed by atoms with Crippen molar-refractivity contribution in [2.45, 2.75) is 51.5 Å². The number of aromatic nitrogens is 2. The highest BCUT2D eigenvalue weighted by Gasteiger charge is 2.16. The minimum absolute atomic E-state index is 0.0615. The number of fused-ring (bicyclic) bond motifs is 1. The number of nitrogens with zero attached hydrogens (tertiary/aromatic N) is 1. The van der Waals surface area contributed by atoms with Gasteiger partial charge >= 0.3 is 0 Å². The number of benzene rings is 1. The van der Waals surface area contributed by atoms with E-state index in [0.29, 0.717) is 22.9 Å². The fraction of sp³-hybridized carbons (Fsp3) is 0.381. The third-order valence-electron chi connectivity index (χ3n) is 4.77. The summed E-state index contributed by atoms with van der Waals surface area (Å²) in [5.41, 5.74) is 2.92. The van der Waals surface area contributed by atoms with Crippen molar-refractivity contribution in [3.8, 4) is 0 Å². The summed E-state index contributed by atoms with van der Waals surface area (Å²) in [7, 11) is 0. The van der Waals surface area contributed by atoms with Crippen LogP contribution in [0.1, 0.15) is 48.5 Å². The molecular formula is C21H25N3O2S2. The second kappa shape index (κ2) is 8.49. The molecule has 0 aliphatic rings. The predicted molar refractivity (Wildman–Crippen MR) is 120 cm³/mol. The number of anilines is 1. The fourth-order valence-electron chi connectivity index (χ4n) is 2.84. The molecule has 2 aromatic heterocycles. The molecule has 2 N–H and O–H groups in total. The number of nitrogens with one attached hydrogen (secondary N) is 2. The lowest BCUT2D eigenvalue weighted by Crippen LogP contribution is -2.23. The van der Waals surface area contributed by atoms with E-state index in [2.05, 4.69) is 29.1 Å². The van der Waals surface area contributed by atoms with Gasteiger partial charge in [0, 0.05) is 10.6 Å². The predicted octanol–water partition coefficient (Wildman–Crippen LogP) is 4.99. The maximum atomic E-state index is 12.5. The van der Waals surface area contributed by atoms with E-state index in [9.17, 15) is 9.59 Å². The van der Waals surface area contributed by atoms with Gasteiger partial charge in [-0.25, -0.2) is 4.98 Å². The molecule has 0 bridgehead atoms. The highest BCUT2D eigenvalue weighted by atomic mass is 32.2. The first-order chi connectivity index (χ1) is 13.3. The molecule has 0 aliphatic heterocycles. The summed E-state index contributed by atoms with van der Waals surface area (Å²) in [4.78, 5) is 34.1.